The van der Waals surface area contributed by atoms with Crippen LogP contribution >= 0.6 is 11.3 Å². The van der Waals surface area contributed by atoms with Gasteiger partial charge in [-0.05, 0) is 24.6 Å². The molecule has 0 atom stereocenters. The lowest BCUT2D eigenvalue weighted by molar-refractivity contribution is -0.380. The molecule has 0 radical (unpaired) electrons. The van der Waals surface area contributed by atoms with Crippen LogP contribution in [-0.4, -0.2) is 22.3 Å². The second-order valence-electron chi connectivity index (χ2n) is 4.60. The fourth-order valence-corrected chi connectivity index (χ4v) is 2.66. The number of hydrogen-bond donors (Lipinski definition) is 0. The van der Waals surface area contributed by atoms with Gasteiger partial charge in [-0.1, -0.05) is 41.7 Å². The van der Waals surface area contributed by atoms with Crippen LogP contribution < -0.4 is 0 Å². The van der Waals surface area contributed by atoms with E-state index in [1.54, 1.807) is 17.0 Å². The molecular weight excluding hydrogens is 300 g/mol. The van der Waals surface area contributed by atoms with Gasteiger partial charge in [-0.15, -0.1) is 0 Å². The minimum atomic E-state index is -0.433. The Bertz CT molecular complexity index is 680. The highest BCUT2D eigenvalue weighted by molar-refractivity contribution is 7.16. The summed E-state index contributed by atoms with van der Waals surface area (Å²) in [4.78, 5) is 24.8. The lowest BCUT2D eigenvalue weighted by atomic mass is 10.2. The molecule has 5 nitrogen and oxygen atoms in total. The molecule has 0 saturated carbocycles. The summed E-state index contributed by atoms with van der Waals surface area (Å²) >= 11 is 1.05. The molecule has 0 saturated heterocycles. The highest BCUT2D eigenvalue weighted by Crippen LogP contribution is 2.24. The molecule has 2 aromatic rings. The summed E-state index contributed by atoms with van der Waals surface area (Å²) in [5.41, 5.74) is 1.07. The zero-order valence-corrected chi connectivity index (χ0v) is 13.0. The zero-order valence-electron chi connectivity index (χ0n) is 12.1. The SMILES string of the molecule is CCN(Cc1ccccc1)C(=O)/C=C/c1ccc([N+](=O)[O-])s1. The first-order valence-corrected chi connectivity index (χ1v) is 7.67. The van der Waals surface area contributed by atoms with Crippen molar-refractivity contribution >= 4 is 28.3 Å². The molecule has 1 aromatic carbocycles. The second-order valence-corrected chi connectivity index (χ2v) is 5.70. The Hall–Kier alpha value is -2.47. The van der Waals surface area contributed by atoms with Gasteiger partial charge in [0.2, 0.25) is 5.91 Å². The van der Waals surface area contributed by atoms with Gasteiger partial charge < -0.3 is 4.90 Å². The van der Waals surface area contributed by atoms with Gasteiger partial charge in [0.15, 0.2) is 0 Å². The maximum atomic E-state index is 12.2. The van der Waals surface area contributed by atoms with E-state index in [1.807, 2.05) is 37.3 Å². The van der Waals surface area contributed by atoms with Crippen molar-refractivity contribution in [1.29, 1.82) is 0 Å². The van der Waals surface area contributed by atoms with Crippen LogP contribution in [0.2, 0.25) is 0 Å². The van der Waals surface area contributed by atoms with Gasteiger partial charge in [0.25, 0.3) is 0 Å². The average molecular weight is 316 g/mol. The Kier molecular flexibility index (Phi) is 5.43. The summed E-state index contributed by atoms with van der Waals surface area (Å²) in [5, 5.41) is 10.7. The van der Waals surface area contributed by atoms with E-state index in [0.717, 1.165) is 16.9 Å². The van der Waals surface area contributed by atoms with Gasteiger partial charge >= 0.3 is 5.00 Å². The van der Waals surface area contributed by atoms with Crippen LogP contribution in [-0.2, 0) is 11.3 Å². The molecule has 0 aliphatic rings. The van der Waals surface area contributed by atoms with E-state index in [1.165, 1.54) is 12.1 Å². The largest absolute Gasteiger partial charge is 0.335 e. The number of amides is 1. The number of likely N-dealkylation sites (N-methyl/N-ethyl adjacent to an activating group) is 1. The number of carbonyl (C=O) groups is 1. The van der Waals surface area contributed by atoms with Gasteiger partial charge in [-0.2, -0.15) is 0 Å². The topological polar surface area (TPSA) is 63.5 Å². The molecule has 0 aliphatic carbocycles. The first-order chi connectivity index (χ1) is 10.6. The molecule has 0 fully saturated rings. The minimum Gasteiger partial charge on any atom is -0.335 e. The Balaban J connectivity index is 2.02. The lowest BCUT2D eigenvalue weighted by Gasteiger charge is -2.19. The van der Waals surface area contributed by atoms with Gasteiger partial charge in [0, 0.05) is 30.1 Å². The normalized spacial score (nSPS) is 10.8. The van der Waals surface area contributed by atoms with Gasteiger partial charge in [0.1, 0.15) is 0 Å². The van der Waals surface area contributed by atoms with Crippen molar-refractivity contribution in [3.8, 4) is 0 Å². The van der Waals surface area contributed by atoms with Crippen molar-refractivity contribution in [2.45, 2.75) is 13.5 Å². The molecule has 6 heteroatoms. The number of carbonyl (C=O) groups excluding carboxylic acids is 1. The first kappa shape index (κ1) is 15.9. The fraction of sp³-hybridized carbons (Fsp3) is 0.188. The van der Waals surface area contributed by atoms with E-state index in [2.05, 4.69) is 0 Å². The third-order valence-electron chi connectivity index (χ3n) is 3.09. The summed E-state index contributed by atoms with van der Waals surface area (Å²) in [7, 11) is 0. The highest BCUT2D eigenvalue weighted by Gasteiger charge is 2.10. The van der Waals surface area contributed by atoms with Crippen LogP contribution in [0.15, 0.2) is 48.5 Å². The summed E-state index contributed by atoms with van der Waals surface area (Å²) in [6, 6.07) is 12.8. The van der Waals surface area contributed by atoms with E-state index in [9.17, 15) is 14.9 Å². The zero-order chi connectivity index (χ0) is 15.9. The van der Waals surface area contributed by atoms with Crippen molar-refractivity contribution in [2.24, 2.45) is 0 Å². The number of nitrogens with zero attached hydrogens (tertiary/aromatic N) is 2. The third kappa shape index (κ3) is 4.26. The maximum absolute atomic E-state index is 12.2. The lowest BCUT2D eigenvalue weighted by Crippen LogP contribution is -2.28. The van der Waals surface area contributed by atoms with Crippen LogP contribution in [0.25, 0.3) is 6.08 Å². The molecule has 114 valence electrons. The maximum Gasteiger partial charge on any atom is 0.324 e. The van der Waals surface area contributed by atoms with E-state index >= 15 is 0 Å². The average Bonchev–Trinajstić information content (AvgIpc) is 3.00. The molecule has 2 rings (SSSR count). The summed E-state index contributed by atoms with van der Waals surface area (Å²) in [5.74, 6) is -0.109. The molecule has 0 N–H and O–H groups in total. The first-order valence-electron chi connectivity index (χ1n) is 6.85. The summed E-state index contributed by atoms with van der Waals surface area (Å²) < 4.78 is 0. The summed E-state index contributed by atoms with van der Waals surface area (Å²) in [6.45, 7) is 3.07. The molecule has 22 heavy (non-hydrogen) atoms. The molecular formula is C16H16N2O3S. The quantitative estimate of drug-likeness (QED) is 0.463. The van der Waals surface area contributed by atoms with Crippen LogP contribution in [0.1, 0.15) is 17.4 Å². The highest BCUT2D eigenvalue weighted by atomic mass is 32.1. The number of thiophene rings is 1. The minimum absolute atomic E-state index is 0.0729. The fourth-order valence-electron chi connectivity index (χ4n) is 1.94. The number of rotatable bonds is 6. The molecule has 1 aromatic heterocycles. The van der Waals surface area contributed by atoms with E-state index in [4.69, 9.17) is 0 Å². The number of nitro groups is 1. The van der Waals surface area contributed by atoms with Gasteiger partial charge in [-0.25, -0.2) is 0 Å². The Morgan fingerprint density at radius 1 is 1.27 bits per heavy atom. The van der Waals surface area contributed by atoms with E-state index in [-0.39, 0.29) is 10.9 Å². The van der Waals surface area contributed by atoms with Crippen molar-refractivity contribution in [1.82, 2.24) is 4.90 Å². The third-order valence-corrected chi connectivity index (χ3v) is 4.09. The summed E-state index contributed by atoms with van der Waals surface area (Å²) in [6.07, 6.45) is 3.08. The van der Waals surface area contributed by atoms with Crippen LogP contribution in [0.3, 0.4) is 0 Å². The van der Waals surface area contributed by atoms with Crippen molar-refractivity contribution in [3.63, 3.8) is 0 Å². The molecule has 0 aliphatic heterocycles. The molecule has 0 spiro atoms. The molecule has 1 amide bonds. The predicted molar refractivity (Wildman–Crippen MR) is 87.5 cm³/mol. The number of benzene rings is 1. The number of hydrogen-bond acceptors (Lipinski definition) is 4. The standard InChI is InChI=1S/C16H16N2O3S/c1-2-17(12-13-6-4-3-5-7-13)15(19)10-8-14-9-11-16(22-14)18(20)21/h3-11H,2,12H2,1H3/b10-8+. The van der Waals surface area contributed by atoms with Crippen LogP contribution in [0.4, 0.5) is 5.00 Å². The van der Waals surface area contributed by atoms with E-state index in [0.29, 0.717) is 18.0 Å². The molecule has 1 heterocycles. The van der Waals surface area contributed by atoms with Crippen LogP contribution in [0.5, 0.6) is 0 Å². The van der Waals surface area contributed by atoms with E-state index < -0.39 is 4.92 Å². The van der Waals surface area contributed by atoms with Gasteiger partial charge in [-0.3, -0.25) is 14.9 Å². The van der Waals surface area contributed by atoms with Gasteiger partial charge in [0.05, 0.1) is 4.92 Å². The van der Waals surface area contributed by atoms with Crippen molar-refractivity contribution < 1.29 is 9.72 Å². The molecule has 0 bridgehead atoms. The Morgan fingerprint density at radius 2 is 2.00 bits per heavy atom. The second kappa shape index (κ2) is 7.51. The van der Waals surface area contributed by atoms with Crippen molar-refractivity contribution in [2.75, 3.05) is 6.54 Å². The van der Waals surface area contributed by atoms with Crippen LogP contribution in [0, 0.1) is 10.1 Å². The molecule has 0 unspecified atom stereocenters. The monoisotopic (exact) mass is 316 g/mol. The Labute approximate surface area is 132 Å². The Morgan fingerprint density at radius 3 is 2.59 bits per heavy atom. The predicted octanol–water partition coefficient (Wildman–Crippen LogP) is 3.72. The smallest absolute Gasteiger partial charge is 0.324 e. The van der Waals surface area contributed by atoms with Crippen molar-refractivity contribution in [3.05, 3.63) is 69.1 Å².